The number of nitrogens with two attached hydrogens (primary N) is 1. The van der Waals surface area contributed by atoms with E-state index in [0.29, 0.717) is 12.2 Å². The van der Waals surface area contributed by atoms with Gasteiger partial charge in [-0.25, -0.2) is 4.39 Å². The molecular weight excluding hydrogens is 261 g/mol. The molecule has 0 saturated carbocycles. The number of benzene rings is 1. The van der Waals surface area contributed by atoms with Crippen molar-refractivity contribution in [3.63, 3.8) is 0 Å². The van der Waals surface area contributed by atoms with Gasteiger partial charge in [-0.05, 0) is 32.0 Å². The lowest BCUT2D eigenvalue weighted by atomic mass is 9.95. The van der Waals surface area contributed by atoms with Crippen LogP contribution in [0.1, 0.15) is 19.4 Å². The minimum absolute atomic E-state index is 0.244. The van der Waals surface area contributed by atoms with Gasteiger partial charge in [-0.2, -0.15) is 0 Å². The Morgan fingerprint density at radius 3 is 2.73 bits per heavy atom. The van der Waals surface area contributed by atoms with Crippen LogP contribution in [0.2, 0.25) is 0 Å². The van der Waals surface area contributed by atoms with Gasteiger partial charge in [-0.15, -0.1) is 0 Å². The Morgan fingerprint density at radius 1 is 1.53 bits per heavy atom. The highest BCUT2D eigenvalue weighted by molar-refractivity contribution is 9.10. The molecule has 84 valence electrons. The second-order valence-corrected chi connectivity index (χ2v) is 4.41. The molecule has 1 unspecified atom stereocenters. The summed E-state index contributed by atoms with van der Waals surface area (Å²) >= 11 is 3.31. The van der Waals surface area contributed by atoms with Crippen LogP contribution in [0.15, 0.2) is 22.7 Å². The van der Waals surface area contributed by atoms with Gasteiger partial charge >= 0.3 is 0 Å². The molecule has 0 amide bonds. The number of hydrogen-bond donors (Lipinski definition) is 1. The fourth-order valence-corrected chi connectivity index (χ4v) is 1.83. The van der Waals surface area contributed by atoms with Crippen LogP contribution >= 0.6 is 15.9 Å². The van der Waals surface area contributed by atoms with Crippen LogP contribution in [0.3, 0.4) is 0 Å². The van der Waals surface area contributed by atoms with Gasteiger partial charge in [0.15, 0.2) is 0 Å². The molecule has 4 heteroatoms. The maximum absolute atomic E-state index is 13.6. The maximum Gasteiger partial charge on any atom is 0.129 e. The lowest BCUT2D eigenvalue weighted by molar-refractivity contribution is -0.0244. The zero-order valence-corrected chi connectivity index (χ0v) is 10.5. The van der Waals surface area contributed by atoms with Crippen molar-refractivity contribution in [3.05, 3.63) is 34.1 Å². The molecule has 1 atom stereocenters. The summed E-state index contributed by atoms with van der Waals surface area (Å²) in [5.41, 5.74) is 5.36. The molecule has 15 heavy (non-hydrogen) atoms. The first kappa shape index (κ1) is 12.6. The molecule has 0 aliphatic carbocycles. The lowest BCUT2D eigenvalue weighted by Crippen LogP contribution is -2.35. The first-order chi connectivity index (χ1) is 7.03. The van der Waals surface area contributed by atoms with Crippen LogP contribution in [0.4, 0.5) is 4.39 Å². The van der Waals surface area contributed by atoms with Crippen LogP contribution in [-0.2, 0) is 10.3 Å². The average molecular weight is 276 g/mol. The Hall–Kier alpha value is -0.450. The Balaban J connectivity index is 3.16. The average Bonchev–Trinajstić information content (AvgIpc) is 2.22. The SMILES string of the molecule is CCOC(C)(CN)c1cc(Br)ccc1F. The third kappa shape index (κ3) is 2.77. The fourth-order valence-electron chi connectivity index (χ4n) is 1.47. The van der Waals surface area contributed by atoms with Crippen molar-refractivity contribution in [3.8, 4) is 0 Å². The molecule has 0 saturated heterocycles. The second-order valence-electron chi connectivity index (χ2n) is 3.49. The highest BCUT2D eigenvalue weighted by Crippen LogP contribution is 2.29. The molecule has 0 radical (unpaired) electrons. The summed E-state index contributed by atoms with van der Waals surface area (Å²) in [4.78, 5) is 0. The van der Waals surface area contributed by atoms with Gasteiger partial charge in [-0.3, -0.25) is 0 Å². The third-order valence-corrected chi connectivity index (χ3v) is 2.84. The Labute approximate surface area is 97.7 Å². The molecule has 1 aromatic rings. The number of rotatable bonds is 4. The van der Waals surface area contributed by atoms with Gasteiger partial charge in [0.25, 0.3) is 0 Å². The first-order valence-corrected chi connectivity index (χ1v) is 5.62. The van der Waals surface area contributed by atoms with Crippen molar-refractivity contribution in [1.29, 1.82) is 0 Å². The van der Waals surface area contributed by atoms with E-state index in [9.17, 15) is 4.39 Å². The summed E-state index contributed by atoms with van der Waals surface area (Å²) in [6.45, 7) is 4.40. The summed E-state index contributed by atoms with van der Waals surface area (Å²) < 4.78 is 20.0. The predicted molar refractivity (Wildman–Crippen MR) is 62.1 cm³/mol. The standard InChI is InChI=1S/C11H15BrFNO/c1-3-15-11(2,7-14)9-6-8(12)4-5-10(9)13/h4-6H,3,7,14H2,1-2H3. The molecule has 2 nitrogen and oxygen atoms in total. The summed E-state index contributed by atoms with van der Waals surface area (Å²) in [5.74, 6) is -0.292. The minimum atomic E-state index is -0.761. The highest BCUT2D eigenvalue weighted by atomic mass is 79.9. The molecule has 1 rings (SSSR count). The number of halogens is 2. The third-order valence-electron chi connectivity index (χ3n) is 2.35. The predicted octanol–water partition coefficient (Wildman–Crippen LogP) is 2.80. The van der Waals surface area contributed by atoms with Crippen molar-refractivity contribution < 1.29 is 9.13 Å². The molecule has 0 bridgehead atoms. The molecule has 0 spiro atoms. The van der Waals surface area contributed by atoms with Gasteiger partial charge < -0.3 is 10.5 Å². The van der Waals surface area contributed by atoms with Gasteiger partial charge in [0.1, 0.15) is 11.4 Å². The highest BCUT2D eigenvalue weighted by Gasteiger charge is 2.28. The van der Waals surface area contributed by atoms with E-state index in [0.717, 1.165) is 4.47 Å². The lowest BCUT2D eigenvalue weighted by Gasteiger charge is -2.29. The van der Waals surface area contributed by atoms with Crippen LogP contribution in [0, 0.1) is 5.82 Å². The van der Waals surface area contributed by atoms with E-state index in [4.69, 9.17) is 10.5 Å². The van der Waals surface area contributed by atoms with Crippen molar-refractivity contribution in [2.24, 2.45) is 5.73 Å². The maximum atomic E-state index is 13.6. The smallest absolute Gasteiger partial charge is 0.129 e. The van der Waals surface area contributed by atoms with E-state index in [1.807, 2.05) is 6.92 Å². The normalized spacial score (nSPS) is 15.0. The number of hydrogen-bond acceptors (Lipinski definition) is 2. The summed E-state index contributed by atoms with van der Waals surface area (Å²) in [6, 6.07) is 4.77. The van der Waals surface area contributed by atoms with Crippen LogP contribution < -0.4 is 5.73 Å². The van der Waals surface area contributed by atoms with Crippen molar-refractivity contribution in [2.75, 3.05) is 13.2 Å². The molecule has 1 aromatic carbocycles. The van der Waals surface area contributed by atoms with Gasteiger partial charge in [0.05, 0.1) is 0 Å². The van der Waals surface area contributed by atoms with E-state index in [2.05, 4.69) is 15.9 Å². The summed E-state index contributed by atoms with van der Waals surface area (Å²) in [5, 5.41) is 0. The summed E-state index contributed by atoms with van der Waals surface area (Å²) in [6.07, 6.45) is 0. The van der Waals surface area contributed by atoms with Crippen LogP contribution in [0.5, 0.6) is 0 Å². The van der Waals surface area contributed by atoms with E-state index in [1.54, 1.807) is 19.1 Å². The minimum Gasteiger partial charge on any atom is -0.369 e. The topological polar surface area (TPSA) is 35.2 Å². The van der Waals surface area contributed by atoms with E-state index in [1.165, 1.54) is 6.07 Å². The van der Waals surface area contributed by atoms with Gasteiger partial charge in [0.2, 0.25) is 0 Å². The monoisotopic (exact) mass is 275 g/mol. The zero-order chi connectivity index (χ0) is 11.5. The molecule has 0 fully saturated rings. The quantitative estimate of drug-likeness (QED) is 0.917. The molecule has 0 heterocycles. The van der Waals surface area contributed by atoms with Crippen LogP contribution in [-0.4, -0.2) is 13.2 Å². The molecule has 0 aromatic heterocycles. The van der Waals surface area contributed by atoms with Crippen molar-refractivity contribution >= 4 is 15.9 Å². The summed E-state index contributed by atoms with van der Waals surface area (Å²) in [7, 11) is 0. The van der Waals surface area contributed by atoms with Crippen LogP contribution in [0.25, 0.3) is 0 Å². The Bertz CT molecular complexity index is 345. The number of ether oxygens (including phenoxy) is 1. The van der Waals surface area contributed by atoms with E-state index >= 15 is 0 Å². The van der Waals surface area contributed by atoms with Crippen molar-refractivity contribution in [2.45, 2.75) is 19.4 Å². The second kappa shape index (κ2) is 5.05. The molecule has 0 aliphatic heterocycles. The van der Waals surface area contributed by atoms with Crippen molar-refractivity contribution in [1.82, 2.24) is 0 Å². The largest absolute Gasteiger partial charge is 0.369 e. The molecule has 0 aliphatic rings. The zero-order valence-electron chi connectivity index (χ0n) is 8.89. The van der Waals surface area contributed by atoms with E-state index in [-0.39, 0.29) is 12.4 Å². The first-order valence-electron chi connectivity index (χ1n) is 4.83. The van der Waals surface area contributed by atoms with Gasteiger partial charge in [0, 0.05) is 23.2 Å². The Kier molecular flexibility index (Phi) is 4.25. The Morgan fingerprint density at radius 2 is 2.20 bits per heavy atom. The van der Waals surface area contributed by atoms with E-state index < -0.39 is 5.60 Å². The fraction of sp³-hybridized carbons (Fsp3) is 0.455. The molecule has 2 N–H and O–H groups in total. The molecular formula is C11H15BrFNO. The van der Waals surface area contributed by atoms with Gasteiger partial charge in [-0.1, -0.05) is 15.9 Å².